The molecule has 0 aromatic heterocycles. The Morgan fingerprint density at radius 1 is 1.16 bits per heavy atom. The van der Waals surface area contributed by atoms with Gasteiger partial charge in [-0.25, -0.2) is 0 Å². The van der Waals surface area contributed by atoms with Crippen LogP contribution in [-0.2, 0) is 6.54 Å². The van der Waals surface area contributed by atoms with Crippen LogP contribution in [-0.4, -0.2) is 30.5 Å². The van der Waals surface area contributed by atoms with Gasteiger partial charge in [-0.2, -0.15) is 0 Å². The van der Waals surface area contributed by atoms with Crippen molar-refractivity contribution in [1.82, 2.24) is 4.90 Å². The summed E-state index contributed by atoms with van der Waals surface area (Å²) in [6, 6.07) is 19.1. The molecule has 0 heterocycles. The highest BCUT2D eigenvalue weighted by Gasteiger charge is 2.09. The van der Waals surface area contributed by atoms with Crippen molar-refractivity contribution in [3.05, 3.63) is 65.7 Å². The number of hydrogen-bond donors (Lipinski definition) is 2. The molecule has 0 aliphatic heterocycles. The molecule has 25 heavy (non-hydrogen) atoms. The van der Waals surface area contributed by atoms with Crippen LogP contribution >= 0.6 is 24.0 Å². The van der Waals surface area contributed by atoms with Crippen LogP contribution in [0.15, 0.2) is 59.6 Å². The van der Waals surface area contributed by atoms with Crippen molar-refractivity contribution >= 4 is 35.6 Å². The zero-order valence-electron chi connectivity index (χ0n) is 15.3. The molecular formula is C20H29IN4. The largest absolute Gasteiger partial charge is 0.370 e. The van der Waals surface area contributed by atoms with Crippen LogP contribution < -0.4 is 11.1 Å². The highest BCUT2D eigenvalue weighted by molar-refractivity contribution is 14.0. The van der Waals surface area contributed by atoms with E-state index < -0.39 is 0 Å². The molecule has 0 saturated carbocycles. The lowest BCUT2D eigenvalue weighted by Gasteiger charge is -2.24. The summed E-state index contributed by atoms with van der Waals surface area (Å²) in [6.45, 7) is 5.94. The summed E-state index contributed by atoms with van der Waals surface area (Å²) in [5, 5.41) is 3.14. The van der Waals surface area contributed by atoms with E-state index in [0.29, 0.717) is 18.5 Å². The Labute approximate surface area is 168 Å². The zero-order chi connectivity index (χ0) is 17.4. The maximum Gasteiger partial charge on any atom is 0.193 e. The Bertz CT molecular complexity index is 658. The van der Waals surface area contributed by atoms with Gasteiger partial charge in [-0.15, -0.1) is 24.0 Å². The third-order valence-electron chi connectivity index (χ3n) is 4.15. The van der Waals surface area contributed by atoms with E-state index >= 15 is 0 Å². The Balaban J connectivity index is 0.00000312. The van der Waals surface area contributed by atoms with Gasteiger partial charge in [0, 0.05) is 24.8 Å². The molecule has 0 aliphatic rings. The van der Waals surface area contributed by atoms with Crippen molar-refractivity contribution < 1.29 is 0 Å². The van der Waals surface area contributed by atoms with Gasteiger partial charge in [0.25, 0.3) is 0 Å². The summed E-state index contributed by atoms with van der Waals surface area (Å²) in [5.41, 5.74) is 9.47. The molecule has 2 aromatic carbocycles. The summed E-state index contributed by atoms with van der Waals surface area (Å²) >= 11 is 0. The number of guanidine groups is 1. The Hall–Kier alpha value is -1.60. The first kappa shape index (κ1) is 21.4. The summed E-state index contributed by atoms with van der Waals surface area (Å²) in [4.78, 5) is 6.78. The second kappa shape index (κ2) is 11.1. The molecular weight excluding hydrogens is 423 g/mol. The number of nitrogens with one attached hydrogen (secondary N) is 1. The molecule has 2 aromatic rings. The fraction of sp³-hybridized carbons (Fsp3) is 0.350. The molecule has 0 aliphatic carbocycles. The zero-order valence-corrected chi connectivity index (χ0v) is 17.6. The van der Waals surface area contributed by atoms with Crippen LogP contribution in [0.4, 0.5) is 5.69 Å². The third kappa shape index (κ3) is 7.88. The second-order valence-electron chi connectivity index (χ2n) is 6.30. The molecule has 0 bridgehead atoms. The summed E-state index contributed by atoms with van der Waals surface area (Å²) in [6.07, 6.45) is 0.972. The highest BCUT2D eigenvalue weighted by atomic mass is 127. The summed E-state index contributed by atoms with van der Waals surface area (Å²) < 4.78 is 0. The van der Waals surface area contributed by atoms with Gasteiger partial charge in [0.2, 0.25) is 0 Å². The van der Waals surface area contributed by atoms with E-state index in [1.54, 1.807) is 0 Å². The van der Waals surface area contributed by atoms with Crippen LogP contribution in [0.2, 0.25) is 0 Å². The molecule has 5 heteroatoms. The van der Waals surface area contributed by atoms with E-state index in [4.69, 9.17) is 5.73 Å². The minimum absolute atomic E-state index is 0. The van der Waals surface area contributed by atoms with Gasteiger partial charge in [-0.05, 0) is 50.6 Å². The van der Waals surface area contributed by atoms with Gasteiger partial charge in [-0.3, -0.25) is 9.89 Å². The van der Waals surface area contributed by atoms with Crippen molar-refractivity contribution in [2.24, 2.45) is 10.7 Å². The van der Waals surface area contributed by atoms with Gasteiger partial charge < -0.3 is 11.1 Å². The predicted molar refractivity (Wildman–Crippen MR) is 119 cm³/mol. The van der Waals surface area contributed by atoms with Crippen molar-refractivity contribution in [1.29, 1.82) is 0 Å². The van der Waals surface area contributed by atoms with E-state index in [1.807, 2.05) is 18.2 Å². The number of halogens is 1. The maximum absolute atomic E-state index is 5.97. The Morgan fingerprint density at radius 3 is 2.56 bits per heavy atom. The number of benzene rings is 2. The number of nitrogens with two attached hydrogens (primary N) is 1. The first-order valence-electron chi connectivity index (χ1n) is 8.42. The predicted octanol–water partition coefficient (Wildman–Crippen LogP) is 4.25. The quantitative estimate of drug-likeness (QED) is 0.375. The third-order valence-corrected chi connectivity index (χ3v) is 4.15. The molecule has 2 rings (SSSR count). The number of rotatable bonds is 7. The van der Waals surface area contributed by atoms with Gasteiger partial charge in [0.15, 0.2) is 5.96 Å². The normalized spacial score (nSPS) is 12.6. The number of aryl methyl sites for hydroxylation is 1. The molecule has 136 valence electrons. The average Bonchev–Trinajstić information content (AvgIpc) is 2.55. The molecule has 0 radical (unpaired) electrons. The molecule has 3 N–H and O–H groups in total. The number of anilines is 1. The monoisotopic (exact) mass is 452 g/mol. The van der Waals surface area contributed by atoms with Crippen LogP contribution in [0.1, 0.15) is 24.5 Å². The van der Waals surface area contributed by atoms with E-state index in [2.05, 4.69) is 72.5 Å². The van der Waals surface area contributed by atoms with E-state index in [-0.39, 0.29) is 24.0 Å². The van der Waals surface area contributed by atoms with Crippen molar-refractivity contribution in [3.63, 3.8) is 0 Å². The van der Waals surface area contributed by atoms with Crippen LogP contribution in [0.25, 0.3) is 0 Å². The van der Waals surface area contributed by atoms with E-state index in [1.165, 1.54) is 11.1 Å². The molecule has 0 amide bonds. The first-order chi connectivity index (χ1) is 11.5. The molecule has 0 saturated heterocycles. The Morgan fingerprint density at radius 2 is 1.88 bits per heavy atom. The average molecular weight is 452 g/mol. The lowest BCUT2D eigenvalue weighted by Crippen LogP contribution is -2.30. The fourth-order valence-corrected chi connectivity index (χ4v) is 2.53. The van der Waals surface area contributed by atoms with E-state index in [9.17, 15) is 0 Å². The second-order valence-corrected chi connectivity index (χ2v) is 6.30. The van der Waals surface area contributed by atoms with Crippen molar-refractivity contribution in [3.8, 4) is 0 Å². The first-order valence-corrected chi connectivity index (χ1v) is 8.42. The number of nitrogens with zero attached hydrogens (tertiary/aromatic N) is 2. The van der Waals surface area contributed by atoms with Gasteiger partial charge in [0.05, 0.1) is 0 Å². The molecule has 1 unspecified atom stereocenters. The van der Waals surface area contributed by atoms with E-state index in [0.717, 1.165) is 18.7 Å². The molecule has 1 atom stereocenters. The number of hydrogen-bond acceptors (Lipinski definition) is 2. The molecule has 4 nitrogen and oxygen atoms in total. The number of aliphatic imine (C=N–C) groups is 1. The minimum Gasteiger partial charge on any atom is -0.370 e. The van der Waals surface area contributed by atoms with Gasteiger partial charge in [-0.1, -0.05) is 42.5 Å². The van der Waals surface area contributed by atoms with Crippen molar-refractivity contribution in [2.75, 3.05) is 18.9 Å². The lowest BCUT2D eigenvalue weighted by atomic mass is 10.1. The lowest BCUT2D eigenvalue weighted by molar-refractivity contribution is 0.240. The van der Waals surface area contributed by atoms with Gasteiger partial charge >= 0.3 is 0 Å². The van der Waals surface area contributed by atoms with Crippen LogP contribution in [0.5, 0.6) is 0 Å². The molecule has 0 spiro atoms. The highest BCUT2D eigenvalue weighted by Crippen LogP contribution is 2.10. The minimum atomic E-state index is 0. The SMILES string of the molecule is Cc1cccc(NC(N)=NCCC(C)N(C)Cc2ccccc2)c1.I. The smallest absolute Gasteiger partial charge is 0.193 e. The van der Waals surface area contributed by atoms with Crippen LogP contribution in [0.3, 0.4) is 0 Å². The Kier molecular flexibility index (Phi) is 9.52. The maximum atomic E-state index is 5.97. The van der Waals surface area contributed by atoms with Crippen LogP contribution in [0, 0.1) is 6.92 Å². The van der Waals surface area contributed by atoms with Crippen molar-refractivity contribution in [2.45, 2.75) is 32.9 Å². The van der Waals surface area contributed by atoms with Gasteiger partial charge in [0.1, 0.15) is 0 Å². The molecule has 0 fully saturated rings. The topological polar surface area (TPSA) is 53.6 Å². The summed E-state index contributed by atoms with van der Waals surface area (Å²) in [7, 11) is 2.15. The summed E-state index contributed by atoms with van der Waals surface area (Å²) in [5.74, 6) is 0.471. The standard InChI is InChI=1S/C20H28N4.HI/c1-16-8-7-11-19(14-16)23-20(21)22-13-12-17(2)24(3)15-18-9-5-4-6-10-18;/h4-11,14,17H,12-13,15H2,1-3H3,(H3,21,22,23);1H. The fourth-order valence-electron chi connectivity index (χ4n) is 2.53.